The minimum atomic E-state index is -0.837. The summed E-state index contributed by atoms with van der Waals surface area (Å²) in [5, 5.41) is 8.75. The van der Waals surface area contributed by atoms with Gasteiger partial charge in [0, 0.05) is 0 Å². The van der Waals surface area contributed by atoms with Gasteiger partial charge >= 0.3 is 12.1 Å². The molecule has 0 radical (unpaired) electrons. The number of rotatable bonds is 2. The maximum Gasteiger partial charge on any atom is 0.410 e. The van der Waals surface area contributed by atoms with Crippen molar-refractivity contribution in [3.8, 4) is 0 Å². The van der Waals surface area contributed by atoms with Crippen LogP contribution in [0.5, 0.6) is 0 Å². The van der Waals surface area contributed by atoms with Crippen LogP contribution in [0.4, 0.5) is 4.79 Å². The number of carbonyl (C=O) groups excluding carboxylic acids is 1. The molecule has 2 aliphatic rings. The van der Waals surface area contributed by atoms with E-state index in [-0.39, 0.29) is 12.1 Å². The average molecular weight is 197 g/mol. The average Bonchev–Trinajstić information content (AvgIpc) is 2.71. The van der Waals surface area contributed by atoms with Crippen LogP contribution < -0.4 is 0 Å². The van der Waals surface area contributed by atoms with Crippen molar-refractivity contribution in [2.45, 2.75) is 12.5 Å². The van der Waals surface area contributed by atoms with Crippen LogP contribution in [-0.4, -0.2) is 41.3 Å². The molecule has 14 heavy (non-hydrogen) atoms. The Balaban J connectivity index is 1.99. The highest BCUT2D eigenvalue weighted by molar-refractivity contribution is 5.74. The lowest BCUT2D eigenvalue weighted by molar-refractivity contribution is -0.140. The van der Waals surface area contributed by atoms with E-state index in [2.05, 4.69) is 0 Å². The molecule has 5 nitrogen and oxygen atoms in total. The normalized spacial score (nSPS) is 30.9. The minimum Gasteiger partial charge on any atom is -0.481 e. The molecule has 0 aromatic carbocycles. The fourth-order valence-electron chi connectivity index (χ4n) is 1.80. The van der Waals surface area contributed by atoms with E-state index in [9.17, 15) is 9.59 Å². The lowest BCUT2D eigenvalue weighted by Gasteiger charge is -2.19. The van der Waals surface area contributed by atoms with Crippen LogP contribution in [0.1, 0.15) is 6.42 Å². The summed E-state index contributed by atoms with van der Waals surface area (Å²) in [7, 11) is 0. The summed E-state index contributed by atoms with van der Waals surface area (Å²) in [5.41, 5.74) is 0. The van der Waals surface area contributed by atoms with Gasteiger partial charge in [0.25, 0.3) is 0 Å². The van der Waals surface area contributed by atoms with Crippen molar-refractivity contribution in [1.29, 1.82) is 0 Å². The number of amides is 1. The molecule has 0 aromatic heterocycles. The number of carboxylic acids is 1. The van der Waals surface area contributed by atoms with Gasteiger partial charge in [-0.1, -0.05) is 12.2 Å². The van der Waals surface area contributed by atoms with E-state index in [1.165, 1.54) is 0 Å². The number of ether oxygens (including phenoxy) is 1. The van der Waals surface area contributed by atoms with Crippen LogP contribution in [0.2, 0.25) is 0 Å². The summed E-state index contributed by atoms with van der Waals surface area (Å²) in [6.07, 6.45) is 3.53. The second kappa shape index (κ2) is 3.32. The number of carbonyl (C=O) groups is 2. The third kappa shape index (κ3) is 1.45. The predicted molar refractivity (Wildman–Crippen MR) is 46.7 cm³/mol. The maximum atomic E-state index is 11.2. The molecule has 0 saturated carbocycles. The minimum absolute atomic E-state index is 0.105. The third-order valence-electron chi connectivity index (χ3n) is 2.57. The Morgan fingerprint density at radius 1 is 1.57 bits per heavy atom. The van der Waals surface area contributed by atoms with Gasteiger partial charge in [-0.05, 0) is 6.42 Å². The predicted octanol–water partition coefficient (Wildman–Crippen LogP) is 0.468. The number of hydrogen-bond donors (Lipinski definition) is 1. The largest absolute Gasteiger partial charge is 0.481 e. The number of aliphatic carboxylic acids is 1. The van der Waals surface area contributed by atoms with Gasteiger partial charge in [-0.15, -0.1) is 0 Å². The standard InChI is InChI=1S/C9H11NO4/c11-8(12)6-1-2-7(5-6)10-3-4-14-9(10)13/h1-2,6-7H,3-5H2,(H,11,12). The SMILES string of the molecule is O=C(O)C1C=CC(N2CCOC2=O)C1. The van der Waals surface area contributed by atoms with Gasteiger partial charge in [-0.25, -0.2) is 4.79 Å². The molecule has 0 aromatic rings. The lowest BCUT2D eigenvalue weighted by atomic mass is 10.1. The Hall–Kier alpha value is -1.52. The van der Waals surface area contributed by atoms with E-state index >= 15 is 0 Å². The first-order chi connectivity index (χ1) is 6.68. The molecule has 1 fully saturated rings. The second-order valence-electron chi connectivity index (χ2n) is 3.44. The summed E-state index contributed by atoms with van der Waals surface area (Å²) in [5.74, 6) is -1.30. The molecule has 1 aliphatic carbocycles. The topological polar surface area (TPSA) is 66.8 Å². The van der Waals surface area contributed by atoms with Gasteiger partial charge in [0.1, 0.15) is 6.61 Å². The van der Waals surface area contributed by atoms with E-state index < -0.39 is 11.9 Å². The summed E-state index contributed by atoms with van der Waals surface area (Å²) >= 11 is 0. The molecule has 2 rings (SSSR count). The highest BCUT2D eigenvalue weighted by Gasteiger charge is 2.34. The van der Waals surface area contributed by atoms with E-state index in [0.717, 1.165) is 0 Å². The Bertz CT molecular complexity index is 299. The molecule has 1 aliphatic heterocycles. The number of carboxylic acid groups (broad SMARTS) is 1. The molecule has 1 amide bonds. The monoisotopic (exact) mass is 197 g/mol. The van der Waals surface area contributed by atoms with E-state index in [4.69, 9.17) is 9.84 Å². The zero-order chi connectivity index (χ0) is 10.1. The molecule has 1 N–H and O–H groups in total. The van der Waals surface area contributed by atoms with Crippen molar-refractivity contribution in [3.63, 3.8) is 0 Å². The van der Waals surface area contributed by atoms with Crippen molar-refractivity contribution in [2.75, 3.05) is 13.2 Å². The first kappa shape index (κ1) is 9.05. The molecule has 76 valence electrons. The first-order valence-electron chi connectivity index (χ1n) is 4.53. The smallest absolute Gasteiger partial charge is 0.410 e. The van der Waals surface area contributed by atoms with Crippen molar-refractivity contribution in [1.82, 2.24) is 4.90 Å². The van der Waals surface area contributed by atoms with Crippen molar-refractivity contribution in [3.05, 3.63) is 12.2 Å². The summed E-state index contributed by atoms with van der Waals surface area (Å²) in [4.78, 5) is 23.4. The zero-order valence-electron chi connectivity index (χ0n) is 7.55. The molecule has 2 atom stereocenters. The molecule has 5 heteroatoms. The molecule has 0 spiro atoms. The quantitative estimate of drug-likeness (QED) is 0.653. The van der Waals surface area contributed by atoms with Gasteiger partial charge < -0.3 is 9.84 Å². The fraction of sp³-hybridized carbons (Fsp3) is 0.556. The lowest BCUT2D eigenvalue weighted by Crippen LogP contribution is -2.34. The maximum absolute atomic E-state index is 11.2. The van der Waals surface area contributed by atoms with E-state index in [1.807, 2.05) is 0 Å². The molecular weight excluding hydrogens is 186 g/mol. The molecule has 2 unspecified atom stereocenters. The molecule has 1 heterocycles. The van der Waals surface area contributed by atoms with E-state index in [0.29, 0.717) is 19.6 Å². The Kier molecular flexibility index (Phi) is 2.15. The Morgan fingerprint density at radius 3 is 2.86 bits per heavy atom. The Morgan fingerprint density at radius 2 is 2.36 bits per heavy atom. The van der Waals surface area contributed by atoms with Crippen LogP contribution in [0.15, 0.2) is 12.2 Å². The summed E-state index contributed by atoms with van der Waals surface area (Å²) < 4.78 is 4.78. The highest BCUT2D eigenvalue weighted by Crippen LogP contribution is 2.24. The van der Waals surface area contributed by atoms with Gasteiger partial charge in [-0.2, -0.15) is 0 Å². The van der Waals surface area contributed by atoms with Crippen LogP contribution in [0, 0.1) is 5.92 Å². The first-order valence-corrected chi connectivity index (χ1v) is 4.53. The van der Waals surface area contributed by atoms with Crippen molar-refractivity contribution >= 4 is 12.1 Å². The van der Waals surface area contributed by atoms with Crippen LogP contribution >= 0.6 is 0 Å². The second-order valence-corrected chi connectivity index (χ2v) is 3.44. The molecule has 0 bridgehead atoms. The zero-order valence-corrected chi connectivity index (χ0v) is 7.55. The van der Waals surface area contributed by atoms with Gasteiger partial charge in [0.2, 0.25) is 0 Å². The summed E-state index contributed by atoms with van der Waals surface area (Å²) in [6, 6.07) is -0.105. The van der Waals surface area contributed by atoms with Crippen LogP contribution in [0.3, 0.4) is 0 Å². The fourth-order valence-corrected chi connectivity index (χ4v) is 1.80. The van der Waals surface area contributed by atoms with Gasteiger partial charge in [0.05, 0.1) is 18.5 Å². The van der Waals surface area contributed by atoms with Crippen LogP contribution in [-0.2, 0) is 9.53 Å². The Labute approximate surface area is 80.9 Å². The van der Waals surface area contributed by atoms with Crippen LogP contribution in [0.25, 0.3) is 0 Å². The van der Waals surface area contributed by atoms with Crippen molar-refractivity contribution < 1.29 is 19.4 Å². The van der Waals surface area contributed by atoms with Gasteiger partial charge in [0.15, 0.2) is 0 Å². The van der Waals surface area contributed by atoms with Gasteiger partial charge in [-0.3, -0.25) is 9.69 Å². The number of nitrogens with zero attached hydrogens (tertiary/aromatic N) is 1. The number of cyclic esters (lactones) is 1. The van der Waals surface area contributed by atoms with Crippen molar-refractivity contribution in [2.24, 2.45) is 5.92 Å². The molecule has 1 saturated heterocycles. The van der Waals surface area contributed by atoms with E-state index in [1.54, 1.807) is 17.1 Å². The third-order valence-corrected chi connectivity index (χ3v) is 2.57. The number of hydrogen-bond acceptors (Lipinski definition) is 3. The summed E-state index contributed by atoms with van der Waals surface area (Å²) in [6.45, 7) is 0.959. The molecular formula is C9H11NO4. The highest BCUT2D eigenvalue weighted by atomic mass is 16.6.